The van der Waals surface area contributed by atoms with Crippen LogP contribution in [0.3, 0.4) is 0 Å². The van der Waals surface area contributed by atoms with Crippen molar-refractivity contribution >= 4 is 29.6 Å². The predicted octanol–water partition coefficient (Wildman–Crippen LogP) is 9.83. The summed E-state index contributed by atoms with van der Waals surface area (Å²) in [5.74, 6) is 1.27. The average Bonchev–Trinajstić information content (AvgIpc) is 3.00. The number of hydrogen-bond donors (Lipinski definition) is 2. The van der Waals surface area contributed by atoms with E-state index in [1.807, 2.05) is 20.8 Å². The van der Waals surface area contributed by atoms with E-state index in [-0.39, 0.29) is 5.60 Å². The van der Waals surface area contributed by atoms with Crippen molar-refractivity contribution in [2.24, 2.45) is 0 Å². The number of carbonyl (C=O) groups is 5. The third kappa shape index (κ3) is 61.7. The van der Waals surface area contributed by atoms with Gasteiger partial charge in [-0.1, -0.05) is 77.0 Å². The molecule has 0 bridgehead atoms. The lowest BCUT2D eigenvalue weighted by Gasteiger charge is -2.14. The molecule has 0 atom stereocenters. The van der Waals surface area contributed by atoms with E-state index in [1.54, 1.807) is 27.7 Å². The van der Waals surface area contributed by atoms with E-state index in [2.05, 4.69) is 15.4 Å². The molecule has 0 aliphatic carbocycles. The Morgan fingerprint density at radius 2 is 0.612 bits per heavy atom. The highest BCUT2D eigenvalue weighted by Crippen LogP contribution is 2.08. The van der Waals surface area contributed by atoms with Crippen LogP contribution in [0.15, 0.2) is 0 Å². The van der Waals surface area contributed by atoms with Gasteiger partial charge in [-0.25, -0.2) is 0 Å². The van der Waals surface area contributed by atoms with Crippen LogP contribution in [0.1, 0.15) is 203 Å². The smallest absolute Gasteiger partial charge is 0.293 e. The van der Waals surface area contributed by atoms with Crippen molar-refractivity contribution in [1.29, 1.82) is 0 Å². The zero-order valence-corrected chi connectivity index (χ0v) is 33.3. The summed E-state index contributed by atoms with van der Waals surface area (Å²) in [7, 11) is 0. The molecule has 8 nitrogen and oxygen atoms in total. The number of unbranched alkanes of at least 4 members (excludes halogenated alkanes) is 16. The Bertz CT molecular complexity index is 672. The van der Waals surface area contributed by atoms with Crippen molar-refractivity contribution in [2.45, 2.75) is 208 Å². The second-order valence-electron chi connectivity index (χ2n) is 14.7. The maximum atomic E-state index is 10.8. The minimum Gasteiger partial charge on any atom is -0.462 e. The summed E-state index contributed by atoms with van der Waals surface area (Å²) >= 11 is 0. The number of ether oxygens (including phenoxy) is 1. The molecule has 0 aliphatic heterocycles. The van der Waals surface area contributed by atoms with E-state index in [0.29, 0.717) is 29.6 Å². The molecular weight excluding hydrogens is 616 g/mol. The van der Waals surface area contributed by atoms with Crippen LogP contribution in [0.4, 0.5) is 0 Å². The van der Waals surface area contributed by atoms with Crippen molar-refractivity contribution < 1.29 is 28.7 Å². The van der Waals surface area contributed by atoms with Crippen molar-refractivity contribution in [2.75, 3.05) is 26.2 Å². The number of rotatable bonds is 33. The molecule has 0 spiro atoms. The van der Waals surface area contributed by atoms with Crippen LogP contribution in [0.2, 0.25) is 0 Å². The van der Waals surface area contributed by atoms with Gasteiger partial charge in [-0.05, 0) is 126 Å². The van der Waals surface area contributed by atoms with Crippen molar-refractivity contribution in [3.63, 3.8) is 0 Å². The van der Waals surface area contributed by atoms with Crippen LogP contribution in [0, 0.1) is 0 Å². The molecule has 0 fully saturated rings. The lowest BCUT2D eigenvalue weighted by molar-refractivity contribution is -0.138. The van der Waals surface area contributed by atoms with Gasteiger partial charge in [0.25, 0.3) is 6.47 Å². The summed E-state index contributed by atoms with van der Waals surface area (Å²) in [6.45, 7) is 17.1. The molecule has 0 amide bonds. The Kier molecular flexibility index (Phi) is 42.5. The first-order valence-corrected chi connectivity index (χ1v) is 19.8. The van der Waals surface area contributed by atoms with Crippen LogP contribution >= 0.6 is 0 Å². The van der Waals surface area contributed by atoms with Crippen molar-refractivity contribution in [3.05, 3.63) is 0 Å². The topological polar surface area (TPSA) is 119 Å². The summed E-state index contributed by atoms with van der Waals surface area (Å²) in [5, 5.41) is 6.99. The fourth-order valence-corrected chi connectivity index (χ4v) is 5.01. The van der Waals surface area contributed by atoms with Gasteiger partial charge in [-0.15, -0.1) is 0 Å². The largest absolute Gasteiger partial charge is 0.462 e. The molecule has 290 valence electrons. The minimum atomic E-state index is -0.318. The van der Waals surface area contributed by atoms with Crippen LogP contribution in [0.5, 0.6) is 0 Å². The first-order chi connectivity index (χ1) is 23.3. The van der Waals surface area contributed by atoms with Crippen molar-refractivity contribution in [1.82, 2.24) is 10.6 Å². The second-order valence-corrected chi connectivity index (χ2v) is 14.7. The van der Waals surface area contributed by atoms with Gasteiger partial charge < -0.3 is 34.5 Å². The molecule has 0 radical (unpaired) electrons. The summed E-state index contributed by atoms with van der Waals surface area (Å²) in [4.78, 5) is 52.7. The van der Waals surface area contributed by atoms with Crippen molar-refractivity contribution in [3.8, 4) is 0 Å². The van der Waals surface area contributed by atoms with Gasteiger partial charge >= 0.3 is 0 Å². The number of carbonyl (C=O) groups excluding carboxylic acids is 5. The Labute approximate surface area is 302 Å². The van der Waals surface area contributed by atoms with Gasteiger partial charge in [-0.3, -0.25) is 4.79 Å². The molecule has 0 aliphatic rings. The van der Waals surface area contributed by atoms with Gasteiger partial charge in [0, 0.05) is 25.7 Å². The lowest BCUT2D eigenvalue weighted by Crippen LogP contribution is -2.17. The maximum absolute atomic E-state index is 10.8. The fourth-order valence-electron chi connectivity index (χ4n) is 5.01. The molecule has 0 aromatic carbocycles. The molecular formula is C41H80N2O6. The molecule has 8 heteroatoms. The quantitative estimate of drug-likeness (QED) is 0.0514. The zero-order valence-electron chi connectivity index (χ0n) is 33.3. The third-order valence-electron chi connectivity index (χ3n) is 7.93. The molecule has 49 heavy (non-hydrogen) atoms. The van der Waals surface area contributed by atoms with E-state index in [4.69, 9.17) is 0 Å². The van der Waals surface area contributed by atoms with Crippen LogP contribution < -0.4 is 10.6 Å². The van der Waals surface area contributed by atoms with Gasteiger partial charge in [0.2, 0.25) is 0 Å². The van der Waals surface area contributed by atoms with Gasteiger partial charge in [0.05, 0.1) is 0 Å². The Morgan fingerprint density at radius 1 is 0.408 bits per heavy atom. The molecule has 0 unspecified atom stereocenters. The summed E-state index contributed by atoms with van der Waals surface area (Å²) in [5.41, 5.74) is -0.318. The lowest BCUT2D eigenvalue weighted by atomic mass is 10.1. The number of nitrogens with one attached hydrogen (secondary N) is 2. The molecule has 0 aromatic heterocycles. The first kappa shape index (κ1) is 51.4. The first-order valence-electron chi connectivity index (χ1n) is 19.8. The summed E-state index contributed by atoms with van der Waals surface area (Å²) < 4.78 is 4.55. The Morgan fingerprint density at radius 3 is 0.776 bits per heavy atom. The molecule has 0 saturated carbocycles. The second kappa shape index (κ2) is 40.5. The molecule has 0 rings (SSSR count). The minimum absolute atomic E-state index is 0.318. The highest BCUT2D eigenvalue weighted by molar-refractivity contribution is 5.76. The highest BCUT2D eigenvalue weighted by Gasteiger charge is 2.07. The molecule has 0 heterocycles. The van der Waals surface area contributed by atoms with E-state index >= 15 is 0 Å². The van der Waals surface area contributed by atoms with Gasteiger partial charge in [0.15, 0.2) is 0 Å². The predicted molar refractivity (Wildman–Crippen MR) is 206 cm³/mol. The van der Waals surface area contributed by atoms with Crippen LogP contribution in [-0.2, 0) is 28.7 Å². The fraction of sp³-hybridized carbons (Fsp3) is 0.878. The van der Waals surface area contributed by atoms with Crippen LogP contribution in [-0.4, -0.2) is 61.4 Å². The SMILES string of the molecule is CC(=O)CCCCCCCNCCCCCCCC(C)=O.CC(=O)CCCCCCCNCCCCCCCC(C)=O.CC(C)(C)OC=O. The van der Waals surface area contributed by atoms with Gasteiger partial charge in [-0.2, -0.15) is 0 Å². The monoisotopic (exact) mass is 697 g/mol. The van der Waals surface area contributed by atoms with E-state index in [1.165, 1.54) is 103 Å². The average molecular weight is 697 g/mol. The highest BCUT2D eigenvalue weighted by atomic mass is 16.5. The maximum Gasteiger partial charge on any atom is 0.293 e. The number of hydrogen-bond acceptors (Lipinski definition) is 8. The van der Waals surface area contributed by atoms with Crippen LogP contribution in [0.25, 0.3) is 0 Å². The Balaban J connectivity index is -0.000000723. The summed E-state index contributed by atoms with van der Waals surface area (Å²) in [6, 6.07) is 0. The zero-order chi connectivity index (χ0) is 37.4. The van der Waals surface area contributed by atoms with E-state index in [0.717, 1.165) is 77.5 Å². The van der Waals surface area contributed by atoms with Gasteiger partial charge in [0.1, 0.15) is 28.7 Å². The molecule has 2 N–H and O–H groups in total. The summed E-state index contributed by atoms with van der Waals surface area (Å²) in [6.07, 6.45) is 27.2. The van der Waals surface area contributed by atoms with E-state index < -0.39 is 0 Å². The normalized spacial score (nSPS) is 10.8. The number of Topliss-reactive ketones (excluding diaryl/α,β-unsaturated/α-hetero) is 4. The molecule has 0 saturated heterocycles. The molecule has 0 aromatic rings. The van der Waals surface area contributed by atoms with E-state index in [9.17, 15) is 24.0 Å². The standard InChI is InChI=1S/2C18H35NO2.C5H10O2/c2*1-17(20)13-9-5-3-7-11-15-19-16-12-8-4-6-10-14-18(2)21;1-5(2,3)7-4-6/h2*19H,3-16H2,1-2H3;4H,1-3H3. The number of ketones is 4. The Hall–Kier alpha value is -1.93. The third-order valence-corrected chi connectivity index (χ3v) is 7.93.